The van der Waals surface area contributed by atoms with Gasteiger partial charge in [0.05, 0.1) is 21.8 Å². The summed E-state index contributed by atoms with van der Waals surface area (Å²) in [6.07, 6.45) is 1.37. The molecule has 1 aliphatic rings. The zero-order valence-corrected chi connectivity index (χ0v) is 16.3. The number of para-hydroxylation sites is 2. The average Bonchev–Trinajstić information content (AvgIpc) is 3.40. The van der Waals surface area contributed by atoms with E-state index in [-0.39, 0.29) is 17.6 Å². The van der Waals surface area contributed by atoms with Crippen LogP contribution < -0.4 is 31.1 Å². The molecule has 9 nitrogen and oxygen atoms in total. The van der Waals surface area contributed by atoms with E-state index in [1.165, 1.54) is 10.6 Å². The number of pyridine rings is 1. The van der Waals surface area contributed by atoms with E-state index in [9.17, 15) is 14.9 Å². The molecule has 3 heterocycles. The average molecular weight is 413 g/mol. The molecule has 0 radical (unpaired) electrons. The van der Waals surface area contributed by atoms with Gasteiger partial charge < -0.3 is 14.9 Å². The fourth-order valence-electron chi connectivity index (χ4n) is 3.57. The fourth-order valence-corrected chi connectivity index (χ4v) is 3.57. The molecule has 0 spiro atoms. The molecule has 0 fully saturated rings. The minimum absolute atomic E-state index is 0.116. The number of carbonyl (C=O) groups is 1. The molecule has 0 saturated heterocycles. The second-order valence-electron chi connectivity index (χ2n) is 6.90. The fraction of sp³-hybridized carbons (Fsp3) is 0.0909. The SMILES string of the molecule is Cc1c(C#N)c2nc3ccccc3n2c(=O)c1=CNNC(=O)c1ccc2c(c1)OCO2. The summed E-state index contributed by atoms with van der Waals surface area (Å²) in [5.74, 6) is 0.646. The molecule has 2 aromatic carbocycles. The lowest BCUT2D eigenvalue weighted by molar-refractivity contribution is 0.0943. The molecular weight excluding hydrogens is 398 g/mol. The van der Waals surface area contributed by atoms with Crippen molar-refractivity contribution in [2.45, 2.75) is 6.92 Å². The Balaban J connectivity index is 1.52. The van der Waals surface area contributed by atoms with Crippen LogP contribution in [0, 0.1) is 18.3 Å². The van der Waals surface area contributed by atoms with Crippen LogP contribution in [-0.2, 0) is 0 Å². The Labute approximate surface area is 175 Å². The Morgan fingerprint density at radius 2 is 2.03 bits per heavy atom. The molecule has 1 aliphatic heterocycles. The minimum atomic E-state index is -0.422. The van der Waals surface area contributed by atoms with E-state index in [4.69, 9.17) is 9.47 Å². The van der Waals surface area contributed by atoms with Gasteiger partial charge in [-0.1, -0.05) is 12.1 Å². The largest absolute Gasteiger partial charge is 0.454 e. The third-order valence-corrected chi connectivity index (χ3v) is 5.15. The number of amides is 1. The Bertz CT molecular complexity index is 1530. The summed E-state index contributed by atoms with van der Waals surface area (Å²) < 4.78 is 11.9. The van der Waals surface area contributed by atoms with E-state index >= 15 is 0 Å². The van der Waals surface area contributed by atoms with Gasteiger partial charge in [0.15, 0.2) is 17.1 Å². The van der Waals surface area contributed by atoms with Gasteiger partial charge in [0.2, 0.25) is 6.79 Å². The van der Waals surface area contributed by atoms with Crippen LogP contribution in [0.5, 0.6) is 11.5 Å². The van der Waals surface area contributed by atoms with Crippen molar-refractivity contribution >= 4 is 28.8 Å². The van der Waals surface area contributed by atoms with E-state index < -0.39 is 5.91 Å². The highest BCUT2D eigenvalue weighted by Gasteiger charge is 2.17. The van der Waals surface area contributed by atoms with Gasteiger partial charge in [-0.2, -0.15) is 5.26 Å². The normalized spacial score (nSPS) is 12.8. The van der Waals surface area contributed by atoms with Crippen LogP contribution in [0.15, 0.2) is 47.3 Å². The molecule has 2 N–H and O–H groups in total. The number of nitrogens with one attached hydrogen (secondary N) is 2. The predicted molar refractivity (Wildman–Crippen MR) is 111 cm³/mol. The van der Waals surface area contributed by atoms with Crippen LogP contribution in [0.3, 0.4) is 0 Å². The van der Waals surface area contributed by atoms with Gasteiger partial charge in [0.1, 0.15) is 6.07 Å². The number of fused-ring (bicyclic) bond motifs is 4. The lowest BCUT2D eigenvalue weighted by Crippen LogP contribution is -2.40. The summed E-state index contributed by atoms with van der Waals surface area (Å²) in [6, 6.07) is 14.1. The van der Waals surface area contributed by atoms with Crippen LogP contribution in [0.2, 0.25) is 0 Å². The Hall–Kier alpha value is -4.58. The first-order chi connectivity index (χ1) is 15.1. The number of imidazole rings is 1. The van der Waals surface area contributed by atoms with Gasteiger partial charge in [0.25, 0.3) is 11.5 Å². The molecule has 1 amide bonds. The van der Waals surface area contributed by atoms with E-state index in [1.54, 1.807) is 43.3 Å². The number of benzene rings is 2. The highest BCUT2D eigenvalue weighted by atomic mass is 16.7. The lowest BCUT2D eigenvalue weighted by atomic mass is 10.1. The minimum Gasteiger partial charge on any atom is -0.454 e. The zero-order valence-electron chi connectivity index (χ0n) is 16.3. The predicted octanol–water partition coefficient (Wildman–Crippen LogP) is 1.15. The Morgan fingerprint density at radius 3 is 2.87 bits per heavy atom. The molecule has 31 heavy (non-hydrogen) atoms. The topological polar surface area (TPSA) is 118 Å². The maximum absolute atomic E-state index is 13.2. The maximum atomic E-state index is 13.2. The number of rotatable bonds is 3. The van der Waals surface area contributed by atoms with E-state index in [0.717, 1.165) is 0 Å². The van der Waals surface area contributed by atoms with E-state index in [2.05, 4.69) is 21.9 Å². The van der Waals surface area contributed by atoms with Gasteiger partial charge in [-0.15, -0.1) is 0 Å². The number of carbonyl (C=O) groups excluding carboxylic acids is 1. The summed E-state index contributed by atoms with van der Waals surface area (Å²) in [6.45, 7) is 1.79. The van der Waals surface area contributed by atoms with E-state index in [0.29, 0.717) is 44.9 Å². The standard InChI is InChI=1S/C22H15N5O4/c1-12-14(9-23)20-25-16-4-2-3-5-17(16)27(20)22(29)15(12)10-24-26-21(28)13-6-7-18-19(8-13)31-11-30-18/h2-8,10,24H,11H2,1H3,(H,26,28). The molecule has 0 saturated carbocycles. The van der Waals surface area contributed by atoms with Crippen molar-refractivity contribution in [2.75, 3.05) is 6.79 Å². The first kappa shape index (κ1) is 18.4. The summed E-state index contributed by atoms with van der Waals surface area (Å²) in [5.41, 5.74) is 7.52. The van der Waals surface area contributed by atoms with Gasteiger partial charge >= 0.3 is 0 Å². The first-order valence-corrected chi connectivity index (χ1v) is 9.38. The van der Waals surface area contributed by atoms with Gasteiger partial charge in [-0.3, -0.25) is 19.4 Å². The highest BCUT2D eigenvalue weighted by molar-refractivity contribution is 5.94. The third kappa shape index (κ3) is 2.89. The van der Waals surface area contributed by atoms with Crippen LogP contribution in [-0.4, -0.2) is 22.1 Å². The van der Waals surface area contributed by atoms with Crippen molar-refractivity contribution in [3.63, 3.8) is 0 Å². The number of hydrogen-bond acceptors (Lipinski definition) is 7. The Morgan fingerprint density at radius 1 is 1.23 bits per heavy atom. The molecule has 0 atom stereocenters. The van der Waals surface area contributed by atoms with Crippen LogP contribution in [0.1, 0.15) is 21.5 Å². The first-order valence-electron chi connectivity index (χ1n) is 9.38. The summed E-state index contributed by atoms with van der Waals surface area (Å²) >= 11 is 0. The van der Waals surface area contributed by atoms with Crippen LogP contribution in [0.25, 0.3) is 22.9 Å². The number of hydrazine groups is 1. The number of nitriles is 1. The van der Waals surface area contributed by atoms with Gasteiger partial charge in [0, 0.05) is 11.8 Å². The van der Waals surface area contributed by atoms with Crippen molar-refractivity contribution < 1.29 is 14.3 Å². The van der Waals surface area contributed by atoms with Gasteiger partial charge in [-0.05, 0) is 42.8 Å². The monoisotopic (exact) mass is 413 g/mol. The third-order valence-electron chi connectivity index (χ3n) is 5.15. The molecular formula is C22H15N5O4. The number of nitrogens with zero attached hydrogens (tertiary/aromatic N) is 3. The van der Waals surface area contributed by atoms with Crippen molar-refractivity contribution in [3.05, 3.63) is 74.7 Å². The second kappa shape index (κ2) is 7.03. The molecule has 0 bridgehead atoms. The molecule has 4 aromatic rings. The van der Waals surface area contributed by atoms with Crippen LogP contribution in [0.4, 0.5) is 0 Å². The number of hydrogen-bond donors (Lipinski definition) is 2. The summed E-state index contributed by atoms with van der Waals surface area (Å²) in [7, 11) is 0. The number of ether oxygens (including phenoxy) is 2. The van der Waals surface area contributed by atoms with Crippen molar-refractivity contribution in [1.82, 2.24) is 20.2 Å². The van der Waals surface area contributed by atoms with Crippen molar-refractivity contribution in [1.29, 1.82) is 5.26 Å². The molecule has 152 valence electrons. The van der Waals surface area contributed by atoms with Crippen molar-refractivity contribution in [3.8, 4) is 17.6 Å². The molecule has 0 unspecified atom stereocenters. The summed E-state index contributed by atoms with van der Waals surface area (Å²) in [4.78, 5) is 30.0. The molecule has 0 aliphatic carbocycles. The smallest absolute Gasteiger partial charge is 0.269 e. The van der Waals surface area contributed by atoms with Crippen molar-refractivity contribution in [2.24, 2.45) is 0 Å². The number of aromatic nitrogens is 2. The summed E-state index contributed by atoms with van der Waals surface area (Å²) in [5, 5.41) is 9.91. The second-order valence-corrected chi connectivity index (χ2v) is 6.90. The molecule has 5 rings (SSSR count). The zero-order chi connectivity index (χ0) is 21.5. The van der Waals surface area contributed by atoms with Crippen LogP contribution >= 0.6 is 0 Å². The lowest BCUT2D eigenvalue weighted by Gasteiger charge is -2.06. The maximum Gasteiger partial charge on any atom is 0.269 e. The van der Waals surface area contributed by atoms with Gasteiger partial charge in [-0.25, -0.2) is 4.98 Å². The highest BCUT2D eigenvalue weighted by Crippen LogP contribution is 2.32. The molecule has 9 heteroatoms. The Kier molecular flexibility index (Phi) is 4.19. The molecule has 2 aromatic heterocycles. The quantitative estimate of drug-likeness (QED) is 0.484. The van der Waals surface area contributed by atoms with E-state index in [1.807, 2.05) is 6.07 Å².